The van der Waals surface area contributed by atoms with Gasteiger partial charge in [-0.15, -0.1) is 0 Å². The molecule has 0 unspecified atom stereocenters. The third kappa shape index (κ3) is 6.82. The minimum absolute atomic E-state index is 0.661. The number of nitrogens with zero attached hydrogens (tertiary/aromatic N) is 5. The second kappa shape index (κ2) is 15.7. The van der Waals surface area contributed by atoms with E-state index in [0.717, 1.165) is 106 Å². The van der Waals surface area contributed by atoms with Gasteiger partial charge in [0.2, 0.25) is 0 Å². The van der Waals surface area contributed by atoms with Gasteiger partial charge in [-0.05, 0) is 69.9 Å². The molecule has 0 saturated heterocycles. The Kier molecular flexibility index (Phi) is 9.08. The fraction of sp³-hybridized carbons (Fsp3) is 0. The van der Waals surface area contributed by atoms with Gasteiger partial charge in [0.15, 0.2) is 5.82 Å². The number of hydrogen-bond acceptors (Lipinski definition) is 5. The van der Waals surface area contributed by atoms with E-state index in [2.05, 4.69) is 188 Å². The van der Waals surface area contributed by atoms with Crippen molar-refractivity contribution in [2.45, 2.75) is 0 Å². The predicted molar refractivity (Wildman–Crippen MR) is 263 cm³/mol. The molecule has 5 heteroatoms. The first-order valence-corrected chi connectivity index (χ1v) is 21.5. The maximum absolute atomic E-state index is 5.42. The molecule has 0 N–H and O–H groups in total. The lowest BCUT2D eigenvalue weighted by Crippen LogP contribution is -1.96. The molecule has 4 aromatic heterocycles. The van der Waals surface area contributed by atoms with Gasteiger partial charge in [0.05, 0.1) is 39.3 Å². The highest BCUT2D eigenvalue weighted by atomic mass is 14.9. The lowest BCUT2D eigenvalue weighted by molar-refractivity contribution is 1.18. The minimum atomic E-state index is 0.661. The van der Waals surface area contributed by atoms with Gasteiger partial charge < -0.3 is 0 Å². The zero-order valence-electron chi connectivity index (χ0n) is 34.6. The average molecular weight is 816 g/mol. The molecule has 0 amide bonds. The summed E-state index contributed by atoms with van der Waals surface area (Å²) in [5.74, 6) is 0.661. The van der Waals surface area contributed by atoms with Crippen molar-refractivity contribution in [2.24, 2.45) is 0 Å². The first kappa shape index (κ1) is 37.1. The second-order valence-corrected chi connectivity index (χ2v) is 16.1. The molecule has 0 fully saturated rings. The van der Waals surface area contributed by atoms with E-state index in [1.54, 1.807) is 0 Å². The number of fused-ring (bicyclic) bond motifs is 5. The van der Waals surface area contributed by atoms with Crippen LogP contribution in [-0.2, 0) is 0 Å². The summed E-state index contributed by atoms with van der Waals surface area (Å²) in [6.07, 6.45) is 1.85. The lowest BCUT2D eigenvalue weighted by Gasteiger charge is -2.14. The normalized spacial score (nSPS) is 11.4. The Morgan fingerprint density at radius 3 is 1.59 bits per heavy atom. The number of para-hydroxylation sites is 1. The maximum Gasteiger partial charge on any atom is 0.160 e. The topological polar surface area (TPSA) is 64.5 Å². The summed E-state index contributed by atoms with van der Waals surface area (Å²) in [6, 6.07) is 76.2. The van der Waals surface area contributed by atoms with Crippen LogP contribution in [0.3, 0.4) is 0 Å². The van der Waals surface area contributed by atoms with Crippen LogP contribution in [0.25, 0.3) is 122 Å². The van der Waals surface area contributed by atoms with Crippen molar-refractivity contribution >= 4 is 43.5 Å². The van der Waals surface area contributed by atoms with E-state index in [4.69, 9.17) is 24.9 Å². The molecule has 4 heterocycles. The van der Waals surface area contributed by atoms with Crippen LogP contribution < -0.4 is 0 Å². The van der Waals surface area contributed by atoms with Crippen LogP contribution in [0.15, 0.2) is 225 Å². The molecule has 0 bridgehead atoms. The van der Waals surface area contributed by atoms with E-state index in [9.17, 15) is 0 Å². The van der Waals surface area contributed by atoms with Crippen LogP contribution in [0.2, 0.25) is 0 Å². The molecule has 0 radical (unpaired) electrons. The first-order valence-electron chi connectivity index (χ1n) is 21.5. The third-order valence-corrected chi connectivity index (χ3v) is 12.1. The summed E-state index contributed by atoms with van der Waals surface area (Å²) in [5.41, 5.74) is 15.5. The van der Waals surface area contributed by atoms with Gasteiger partial charge in [-0.3, -0.25) is 4.98 Å². The summed E-state index contributed by atoms with van der Waals surface area (Å²) in [6.45, 7) is 0. The van der Waals surface area contributed by atoms with Crippen molar-refractivity contribution in [2.75, 3.05) is 0 Å². The van der Waals surface area contributed by atoms with Gasteiger partial charge >= 0.3 is 0 Å². The van der Waals surface area contributed by atoms with Crippen LogP contribution in [-0.4, -0.2) is 24.9 Å². The summed E-state index contributed by atoms with van der Waals surface area (Å²) in [4.78, 5) is 25.9. The molecule has 5 nitrogen and oxygen atoms in total. The smallest absolute Gasteiger partial charge is 0.160 e. The molecule has 0 saturated carbocycles. The summed E-state index contributed by atoms with van der Waals surface area (Å²) in [5, 5.41) is 5.61. The zero-order valence-corrected chi connectivity index (χ0v) is 34.6. The quantitative estimate of drug-likeness (QED) is 0.150. The molecular formula is C59H37N5. The van der Waals surface area contributed by atoms with E-state index in [0.29, 0.717) is 5.82 Å². The van der Waals surface area contributed by atoms with Crippen molar-refractivity contribution in [1.29, 1.82) is 0 Å². The highest BCUT2D eigenvalue weighted by Gasteiger charge is 2.17. The van der Waals surface area contributed by atoms with Gasteiger partial charge in [0.1, 0.15) is 0 Å². The average Bonchev–Trinajstić information content (AvgIpc) is 3.38. The predicted octanol–water partition coefficient (Wildman–Crippen LogP) is 14.9. The number of rotatable bonds is 7. The lowest BCUT2D eigenvalue weighted by atomic mass is 9.95. The van der Waals surface area contributed by atoms with E-state index in [1.165, 1.54) is 10.8 Å². The van der Waals surface area contributed by atoms with Crippen LogP contribution in [0, 0.1) is 0 Å². The van der Waals surface area contributed by atoms with Crippen molar-refractivity contribution in [3.63, 3.8) is 0 Å². The van der Waals surface area contributed by atoms with Crippen molar-refractivity contribution in [3.05, 3.63) is 225 Å². The van der Waals surface area contributed by atoms with Crippen molar-refractivity contribution in [1.82, 2.24) is 24.9 Å². The Hall–Kier alpha value is -8.67. The molecule has 0 spiro atoms. The Labute approximate surface area is 370 Å². The molecule has 0 aliphatic heterocycles. The fourth-order valence-corrected chi connectivity index (χ4v) is 8.87. The molecule has 0 aliphatic carbocycles. The minimum Gasteiger partial charge on any atom is -0.256 e. The Bertz CT molecular complexity index is 3730. The fourth-order valence-electron chi connectivity index (χ4n) is 8.87. The van der Waals surface area contributed by atoms with Crippen LogP contribution in [0.1, 0.15) is 0 Å². The molecule has 298 valence electrons. The molecule has 12 aromatic rings. The van der Waals surface area contributed by atoms with Gasteiger partial charge in [0, 0.05) is 55.7 Å². The van der Waals surface area contributed by atoms with Gasteiger partial charge in [-0.25, -0.2) is 19.9 Å². The largest absolute Gasteiger partial charge is 0.256 e. The van der Waals surface area contributed by atoms with Gasteiger partial charge in [-0.2, -0.15) is 0 Å². The molecule has 64 heavy (non-hydrogen) atoms. The standard InChI is InChI=1S/C59H37N5/c1-3-14-39(15-4-1)53-36-51(45-27-26-38-13-7-8-18-43(38)33-45)50-30-28-41-29-31-52(61-57(41)58(50)62-53)46-21-10-23-48(35-46)55-37-54(63-59(64-55)42-16-5-2-6-17-42)47-22-9-20-44(34-47)49-25-11-19-40-24-12-32-60-56(40)49/h1-37H. The van der Waals surface area contributed by atoms with Crippen LogP contribution >= 0.6 is 0 Å². The Morgan fingerprint density at radius 2 is 0.797 bits per heavy atom. The summed E-state index contributed by atoms with van der Waals surface area (Å²) in [7, 11) is 0. The molecule has 0 atom stereocenters. The molecule has 0 aliphatic rings. The van der Waals surface area contributed by atoms with Gasteiger partial charge in [-0.1, -0.05) is 176 Å². The molecule has 8 aromatic carbocycles. The summed E-state index contributed by atoms with van der Waals surface area (Å²) >= 11 is 0. The highest BCUT2D eigenvalue weighted by Crippen LogP contribution is 2.38. The van der Waals surface area contributed by atoms with Crippen LogP contribution in [0.4, 0.5) is 0 Å². The van der Waals surface area contributed by atoms with Crippen molar-refractivity contribution in [3.8, 4) is 78.7 Å². The number of benzene rings is 8. The first-order chi connectivity index (χ1) is 31.7. The number of pyridine rings is 3. The van der Waals surface area contributed by atoms with E-state index in [-0.39, 0.29) is 0 Å². The van der Waals surface area contributed by atoms with Gasteiger partial charge in [0.25, 0.3) is 0 Å². The van der Waals surface area contributed by atoms with Crippen LogP contribution in [0.5, 0.6) is 0 Å². The zero-order chi connectivity index (χ0) is 42.4. The van der Waals surface area contributed by atoms with E-state index in [1.807, 2.05) is 36.5 Å². The van der Waals surface area contributed by atoms with E-state index >= 15 is 0 Å². The Morgan fingerprint density at radius 1 is 0.250 bits per heavy atom. The second-order valence-electron chi connectivity index (χ2n) is 16.1. The number of hydrogen-bond donors (Lipinski definition) is 0. The Balaban J connectivity index is 0.989. The third-order valence-electron chi connectivity index (χ3n) is 12.1. The number of aromatic nitrogens is 5. The highest BCUT2D eigenvalue weighted by molar-refractivity contribution is 6.10. The molecule has 12 rings (SSSR count). The maximum atomic E-state index is 5.42. The monoisotopic (exact) mass is 815 g/mol. The summed E-state index contributed by atoms with van der Waals surface area (Å²) < 4.78 is 0. The molecular weight excluding hydrogens is 779 g/mol. The van der Waals surface area contributed by atoms with E-state index < -0.39 is 0 Å². The van der Waals surface area contributed by atoms with Crippen molar-refractivity contribution < 1.29 is 0 Å². The SMILES string of the molecule is c1ccc(-c2cc(-c3ccc4ccccc4c3)c3ccc4ccc(-c5cccc(-c6cc(-c7cccc(-c8cccc9cccnc89)c7)nc(-c7ccccc7)n6)c5)nc4c3n2)cc1.